The fraction of sp³-hybridized carbons (Fsp3) is 0.194. The van der Waals surface area contributed by atoms with Gasteiger partial charge in [0.1, 0.15) is 13.2 Å². The fourth-order valence-corrected chi connectivity index (χ4v) is 6.79. The van der Waals surface area contributed by atoms with Crippen molar-refractivity contribution in [2.45, 2.75) is 6.04 Å². The average Bonchev–Trinajstić information content (AvgIpc) is 3.51. The van der Waals surface area contributed by atoms with Gasteiger partial charge < -0.3 is 20.1 Å². The molecular weight excluding hydrogens is 586 g/mol. The first kappa shape index (κ1) is 30.2. The molecule has 0 aliphatic carbocycles. The number of aromatic carboxylic acids is 1. The number of piperazine rings is 1. The Hall–Kier alpha value is -4.83. The second-order valence-corrected chi connectivity index (χ2v) is 12.0. The lowest BCUT2D eigenvalue weighted by Gasteiger charge is -2.39. The molecular formula is C36H33N3O5S. The third kappa shape index (κ3) is 7.12. The Kier molecular flexibility index (Phi) is 9.30. The number of carboxylic acids is 1. The zero-order valence-corrected chi connectivity index (χ0v) is 25.4. The van der Waals surface area contributed by atoms with Gasteiger partial charge in [-0.15, -0.1) is 11.3 Å². The minimum absolute atomic E-state index is 0.0171. The molecule has 1 aliphatic rings. The van der Waals surface area contributed by atoms with Crippen LogP contribution in [0.5, 0.6) is 0 Å². The number of thiophene rings is 1. The highest BCUT2D eigenvalue weighted by Crippen LogP contribution is 2.35. The number of carboxylic acid groups (broad SMARTS) is 1. The van der Waals surface area contributed by atoms with Gasteiger partial charge in [0, 0.05) is 35.8 Å². The van der Waals surface area contributed by atoms with Gasteiger partial charge in [0.05, 0.1) is 17.3 Å². The first-order chi connectivity index (χ1) is 22.0. The maximum Gasteiger partial charge on any atom is 0.337 e. The van der Waals surface area contributed by atoms with Gasteiger partial charge in [-0.3, -0.25) is 14.5 Å². The average molecular weight is 620 g/mol. The number of carbonyl (C=O) groups excluding carboxylic acids is 2. The third-order valence-electron chi connectivity index (χ3n) is 7.96. The van der Waals surface area contributed by atoms with Crippen LogP contribution >= 0.6 is 11.3 Å². The lowest BCUT2D eigenvalue weighted by Crippen LogP contribution is -2.50. The Bertz CT molecular complexity index is 1730. The molecule has 45 heavy (non-hydrogen) atoms. The predicted molar refractivity (Wildman–Crippen MR) is 177 cm³/mol. The van der Waals surface area contributed by atoms with E-state index in [9.17, 15) is 19.5 Å². The first-order valence-electron chi connectivity index (χ1n) is 14.8. The van der Waals surface area contributed by atoms with E-state index in [0.717, 1.165) is 20.5 Å². The minimum atomic E-state index is -1.15. The van der Waals surface area contributed by atoms with Gasteiger partial charge in [0.2, 0.25) is 11.8 Å². The maximum atomic E-state index is 12.9. The summed E-state index contributed by atoms with van der Waals surface area (Å²) in [6, 6.07) is 35.7. The Morgan fingerprint density at radius 2 is 1.42 bits per heavy atom. The summed E-state index contributed by atoms with van der Waals surface area (Å²) in [4.78, 5) is 42.7. The van der Waals surface area contributed by atoms with Gasteiger partial charge in [-0.05, 0) is 46.3 Å². The molecule has 0 spiro atoms. The number of benzene rings is 4. The Morgan fingerprint density at radius 1 is 0.778 bits per heavy atom. The molecule has 0 saturated carbocycles. The van der Waals surface area contributed by atoms with E-state index in [-0.39, 0.29) is 36.4 Å². The van der Waals surface area contributed by atoms with Crippen LogP contribution in [0.25, 0.3) is 20.5 Å². The molecule has 0 unspecified atom stereocenters. The van der Waals surface area contributed by atoms with Crippen LogP contribution in [0, 0.1) is 0 Å². The van der Waals surface area contributed by atoms with Crippen LogP contribution in [0.4, 0.5) is 5.69 Å². The summed E-state index contributed by atoms with van der Waals surface area (Å²) < 4.78 is 6.57. The number of hydrogen-bond acceptors (Lipinski definition) is 6. The van der Waals surface area contributed by atoms with Crippen molar-refractivity contribution in [3.8, 4) is 10.4 Å². The van der Waals surface area contributed by atoms with Crippen LogP contribution in [-0.2, 0) is 14.3 Å². The van der Waals surface area contributed by atoms with Gasteiger partial charge in [-0.2, -0.15) is 0 Å². The Labute approximate surface area is 265 Å². The standard InChI is InChI=1S/C36H33N3O5S/c40-33(37-30-16-15-28(21-29(30)36(42)43)32-22-27-13-7-8-14-31(27)45-32)23-44-24-34(41)38-17-19-39(20-18-38)35(25-9-3-1-4-10-25)26-11-5-2-6-12-26/h1-16,21-22,35H,17-20,23-24H2,(H,37,40)(H,42,43). The van der Waals surface area contributed by atoms with Gasteiger partial charge in [-0.1, -0.05) is 84.9 Å². The molecule has 4 aromatic carbocycles. The van der Waals surface area contributed by atoms with Gasteiger partial charge in [0.25, 0.3) is 0 Å². The monoisotopic (exact) mass is 619 g/mol. The van der Waals surface area contributed by atoms with Crippen molar-refractivity contribution in [1.82, 2.24) is 9.80 Å². The molecule has 0 bridgehead atoms. The topological polar surface area (TPSA) is 99.2 Å². The Morgan fingerprint density at radius 3 is 2.07 bits per heavy atom. The predicted octanol–water partition coefficient (Wildman–Crippen LogP) is 6.16. The summed E-state index contributed by atoms with van der Waals surface area (Å²) in [5, 5.41) is 13.5. The summed E-state index contributed by atoms with van der Waals surface area (Å²) in [6.45, 7) is 1.92. The van der Waals surface area contributed by atoms with Crippen molar-refractivity contribution in [3.05, 3.63) is 126 Å². The van der Waals surface area contributed by atoms with E-state index < -0.39 is 11.9 Å². The molecule has 9 heteroatoms. The van der Waals surface area contributed by atoms with E-state index in [0.29, 0.717) is 26.2 Å². The van der Waals surface area contributed by atoms with E-state index >= 15 is 0 Å². The molecule has 6 rings (SSSR count). The Balaban J connectivity index is 1.01. The molecule has 1 aliphatic heterocycles. The molecule has 1 aromatic heterocycles. The van der Waals surface area contributed by atoms with Gasteiger partial charge in [0.15, 0.2) is 0 Å². The number of fused-ring (bicyclic) bond motifs is 1. The molecule has 1 saturated heterocycles. The molecule has 0 atom stereocenters. The zero-order chi connectivity index (χ0) is 31.2. The van der Waals surface area contributed by atoms with Crippen molar-refractivity contribution in [3.63, 3.8) is 0 Å². The quantitative estimate of drug-likeness (QED) is 0.195. The largest absolute Gasteiger partial charge is 0.478 e. The van der Waals surface area contributed by atoms with E-state index in [1.54, 1.807) is 34.4 Å². The van der Waals surface area contributed by atoms with Crippen molar-refractivity contribution in [2.75, 3.05) is 44.7 Å². The zero-order valence-electron chi connectivity index (χ0n) is 24.6. The van der Waals surface area contributed by atoms with E-state index in [2.05, 4.69) is 34.5 Å². The van der Waals surface area contributed by atoms with E-state index in [1.165, 1.54) is 11.1 Å². The van der Waals surface area contributed by atoms with E-state index in [4.69, 9.17) is 4.74 Å². The molecule has 228 valence electrons. The molecule has 0 radical (unpaired) electrons. The highest BCUT2D eigenvalue weighted by molar-refractivity contribution is 7.22. The first-order valence-corrected chi connectivity index (χ1v) is 15.6. The number of nitrogens with one attached hydrogen (secondary N) is 1. The molecule has 1 fully saturated rings. The summed E-state index contributed by atoms with van der Waals surface area (Å²) in [5.41, 5.74) is 3.33. The van der Waals surface area contributed by atoms with Crippen LogP contribution in [-0.4, -0.2) is 72.1 Å². The molecule has 2 N–H and O–H groups in total. The van der Waals surface area contributed by atoms with Crippen LogP contribution in [0.15, 0.2) is 109 Å². The number of ether oxygens (including phenoxy) is 1. The maximum absolute atomic E-state index is 12.9. The number of carbonyl (C=O) groups is 3. The van der Waals surface area contributed by atoms with Crippen LogP contribution < -0.4 is 5.32 Å². The normalized spacial score (nSPS) is 13.7. The van der Waals surface area contributed by atoms with Crippen molar-refractivity contribution >= 4 is 44.9 Å². The summed E-state index contributed by atoms with van der Waals surface area (Å²) in [7, 11) is 0. The smallest absolute Gasteiger partial charge is 0.337 e. The number of rotatable bonds is 10. The van der Waals surface area contributed by atoms with Crippen molar-refractivity contribution < 1.29 is 24.2 Å². The number of hydrogen-bond donors (Lipinski definition) is 2. The SMILES string of the molecule is O=C(COCC(=O)N1CCN(C(c2ccccc2)c2ccccc2)CC1)Nc1ccc(-c2cc3ccccc3s2)cc1C(=O)O. The van der Waals surface area contributed by atoms with Crippen molar-refractivity contribution in [1.29, 1.82) is 0 Å². The third-order valence-corrected chi connectivity index (χ3v) is 9.12. The number of nitrogens with zero attached hydrogens (tertiary/aromatic N) is 2. The highest BCUT2D eigenvalue weighted by Gasteiger charge is 2.28. The molecule has 2 amide bonds. The second-order valence-electron chi connectivity index (χ2n) is 10.9. The second kappa shape index (κ2) is 13.9. The fourth-order valence-electron chi connectivity index (χ4n) is 5.73. The summed E-state index contributed by atoms with van der Waals surface area (Å²) >= 11 is 1.58. The molecule has 2 heterocycles. The lowest BCUT2D eigenvalue weighted by atomic mass is 9.96. The van der Waals surface area contributed by atoms with Gasteiger partial charge >= 0.3 is 5.97 Å². The highest BCUT2D eigenvalue weighted by atomic mass is 32.1. The van der Waals surface area contributed by atoms with Crippen LogP contribution in [0.2, 0.25) is 0 Å². The summed E-state index contributed by atoms with van der Waals surface area (Å²) in [5.74, 6) is -1.86. The molecule has 5 aromatic rings. The van der Waals surface area contributed by atoms with Crippen LogP contribution in [0.1, 0.15) is 27.5 Å². The number of anilines is 1. The van der Waals surface area contributed by atoms with Gasteiger partial charge in [-0.25, -0.2) is 4.79 Å². The minimum Gasteiger partial charge on any atom is -0.478 e. The summed E-state index contributed by atoms with van der Waals surface area (Å²) in [6.07, 6.45) is 0. The van der Waals surface area contributed by atoms with Crippen LogP contribution in [0.3, 0.4) is 0 Å². The van der Waals surface area contributed by atoms with E-state index in [1.807, 2.05) is 66.7 Å². The lowest BCUT2D eigenvalue weighted by molar-refractivity contribution is -0.139. The number of amides is 2. The van der Waals surface area contributed by atoms with Crippen molar-refractivity contribution in [2.24, 2.45) is 0 Å². The molecule has 8 nitrogen and oxygen atoms in total.